The standard InChI is InChI=1S/C23H33N3O6S2/c1-8-21(26(33(7,28)29)18-10-9-16(4)17(5)13-18)23(27)24-20-14-19(11-12-22(20)32-6)34(30,31)25-15(2)3/h9-15,21,25H,8H2,1-7H3,(H,24,27)/t21-/m1/s1. The molecule has 0 aromatic heterocycles. The predicted molar refractivity (Wildman–Crippen MR) is 134 cm³/mol. The molecule has 188 valence electrons. The van der Waals surface area contributed by atoms with Crippen molar-refractivity contribution in [3.05, 3.63) is 47.5 Å². The van der Waals surface area contributed by atoms with E-state index in [0.717, 1.165) is 21.7 Å². The van der Waals surface area contributed by atoms with Crippen molar-refractivity contribution in [1.82, 2.24) is 4.72 Å². The highest BCUT2D eigenvalue weighted by atomic mass is 32.2. The van der Waals surface area contributed by atoms with E-state index in [4.69, 9.17) is 4.74 Å². The van der Waals surface area contributed by atoms with Crippen LogP contribution in [-0.2, 0) is 24.8 Å². The fourth-order valence-corrected chi connectivity index (χ4v) is 5.95. The molecular weight excluding hydrogens is 478 g/mol. The SMILES string of the molecule is CC[C@H](C(=O)Nc1cc(S(=O)(=O)NC(C)C)ccc1OC)N(c1ccc(C)c(C)c1)S(C)(=O)=O. The Bertz CT molecular complexity index is 1260. The molecule has 9 nitrogen and oxygen atoms in total. The van der Waals surface area contributed by atoms with Crippen LogP contribution in [0, 0.1) is 13.8 Å². The molecule has 0 aliphatic heterocycles. The molecule has 0 heterocycles. The van der Waals surface area contributed by atoms with Crippen LogP contribution in [0.25, 0.3) is 0 Å². The summed E-state index contributed by atoms with van der Waals surface area (Å²) in [5.41, 5.74) is 2.37. The molecule has 34 heavy (non-hydrogen) atoms. The predicted octanol–water partition coefficient (Wildman–Crippen LogP) is 3.18. The van der Waals surface area contributed by atoms with E-state index in [9.17, 15) is 21.6 Å². The Balaban J connectivity index is 2.50. The zero-order valence-corrected chi connectivity index (χ0v) is 22.2. The number of hydrogen-bond donors (Lipinski definition) is 2. The van der Waals surface area contributed by atoms with Gasteiger partial charge in [0, 0.05) is 6.04 Å². The normalized spacial score (nSPS) is 12.9. The maximum atomic E-state index is 13.3. The van der Waals surface area contributed by atoms with E-state index in [0.29, 0.717) is 5.69 Å². The molecule has 0 bridgehead atoms. The molecule has 11 heteroatoms. The third-order valence-corrected chi connectivity index (χ3v) is 8.04. The number of sulfonamides is 2. The first-order valence-corrected chi connectivity index (χ1v) is 14.1. The van der Waals surface area contributed by atoms with Gasteiger partial charge in [-0.3, -0.25) is 9.10 Å². The van der Waals surface area contributed by atoms with Crippen molar-refractivity contribution in [2.24, 2.45) is 0 Å². The molecule has 0 saturated carbocycles. The molecule has 2 aromatic carbocycles. The summed E-state index contributed by atoms with van der Waals surface area (Å²) in [6.45, 7) is 8.87. The highest BCUT2D eigenvalue weighted by Crippen LogP contribution is 2.30. The minimum atomic E-state index is -3.82. The maximum absolute atomic E-state index is 13.3. The van der Waals surface area contributed by atoms with Gasteiger partial charge in [-0.25, -0.2) is 21.6 Å². The summed E-state index contributed by atoms with van der Waals surface area (Å²) >= 11 is 0. The fourth-order valence-electron chi connectivity index (χ4n) is 3.47. The Labute approximate surface area is 202 Å². The van der Waals surface area contributed by atoms with Crippen LogP contribution in [0.1, 0.15) is 38.3 Å². The zero-order valence-electron chi connectivity index (χ0n) is 20.5. The molecule has 1 amide bonds. The van der Waals surface area contributed by atoms with Crippen LogP contribution >= 0.6 is 0 Å². The number of nitrogens with zero attached hydrogens (tertiary/aromatic N) is 1. The number of carbonyl (C=O) groups excluding carboxylic acids is 1. The van der Waals surface area contributed by atoms with Gasteiger partial charge in [0.2, 0.25) is 26.0 Å². The summed E-state index contributed by atoms with van der Waals surface area (Å²) in [4.78, 5) is 13.3. The monoisotopic (exact) mass is 511 g/mol. The quantitative estimate of drug-likeness (QED) is 0.505. The highest BCUT2D eigenvalue weighted by Gasteiger charge is 2.32. The molecule has 2 N–H and O–H groups in total. The third kappa shape index (κ3) is 6.49. The molecule has 0 aliphatic rings. The second kappa shape index (κ2) is 10.7. The molecule has 0 fully saturated rings. The van der Waals surface area contributed by atoms with E-state index >= 15 is 0 Å². The summed E-state index contributed by atoms with van der Waals surface area (Å²) in [5, 5.41) is 2.66. The minimum Gasteiger partial charge on any atom is -0.495 e. The van der Waals surface area contributed by atoms with Crippen molar-refractivity contribution in [1.29, 1.82) is 0 Å². The third-order valence-electron chi connectivity index (χ3n) is 5.20. The first-order valence-electron chi connectivity index (χ1n) is 10.8. The summed E-state index contributed by atoms with van der Waals surface area (Å²) in [6.07, 6.45) is 1.23. The van der Waals surface area contributed by atoms with Gasteiger partial charge in [-0.2, -0.15) is 0 Å². The van der Waals surface area contributed by atoms with Crippen molar-refractivity contribution in [3.8, 4) is 5.75 Å². The van der Waals surface area contributed by atoms with E-state index in [-0.39, 0.29) is 28.8 Å². The number of ether oxygens (including phenoxy) is 1. The lowest BCUT2D eigenvalue weighted by atomic mass is 10.1. The van der Waals surface area contributed by atoms with E-state index < -0.39 is 32.0 Å². The van der Waals surface area contributed by atoms with E-state index in [2.05, 4.69) is 10.0 Å². The second-order valence-electron chi connectivity index (χ2n) is 8.38. The number of rotatable bonds is 10. The Morgan fingerprint density at radius 3 is 2.18 bits per heavy atom. The highest BCUT2D eigenvalue weighted by molar-refractivity contribution is 7.92. The van der Waals surface area contributed by atoms with Gasteiger partial charge in [-0.15, -0.1) is 0 Å². The molecule has 0 unspecified atom stereocenters. The van der Waals surface area contributed by atoms with Crippen LogP contribution in [0.4, 0.5) is 11.4 Å². The average molecular weight is 512 g/mol. The van der Waals surface area contributed by atoms with E-state index in [1.54, 1.807) is 39.0 Å². The number of nitrogens with one attached hydrogen (secondary N) is 2. The Kier molecular flexibility index (Phi) is 8.73. The Hall–Kier alpha value is -2.63. The van der Waals surface area contributed by atoms with Crippen LogP contribution < -0.4 is 19.1 Å². The van der Waals surface area contributed by atoms with Gasteiger partial charge >= 0.3 is 0 Å². The number of aryl methyl sites for hydroxylation is 2. The van der Waals surface area contributed by atoms with Gasteiger partial charge in [0.25, 0.3) is 0 Å². The molecule has 0 radical (unpaired) electrons. The number of methoxy groups -OCH3 is 1. The number of carbonyl (C=O) groups is 1. The van der Waals surface area contributed by atoms with Gasteiger partial charge < -0.3 is 10.1 Å². The Morgan fingerprint density at radius 2 is 1.68 bits per heavy atom. The van der Waals surface area contributed by atoms with Gasteiger partial charge in [0.1, 0.15) is 11.8 Å². The van der Waals surface area contributed by atoms with Gasteiger partial charge in [0.05, 0.1) is 29.6 Å². The van der Waals surface area contributed by atoms with Crippen LogP contribution in [0.15, 0.2) is 41.3 Å². The largest absolute Gasteiger partial charge is 0.495 e. The number of amides is 1. The first-order chi connectivity index (χ1) is 15.7. The molecule has 0 aliphatic carbocycles. The minimum absolute atomic E-state index is 0.0560. The van der Waals surface area contributed by atoms with E-state index in [1.807, 2.05) is 13.8 Å². The lowest BCUT2D eigenvalue weighted by molar-refractivity contribution is -0.117. The topological polar surface area (TPSA) is 122 Å². The van der Waals surface area contributed by atoms with Crippen molar-refractivity contribution in [2.45, 2.75) is 58.0 Å². The van der Waals surface area contributed by atoms with Crippen LogP contribution in [0.3, 0.4) is 0 Å². The summed E-state index contributed by atoms with van der Waals surface area (Å²) in [6, 6.07) is 7.87. The summed E-state index contributed by atoms with van der Waals surface area (Å²) < 4.78 is 59.5. The van der Waals surface area contributed by atoms with Crippen molar-refractivity contribution >= 4 is 37.3 Å². The molecule has 1 atom stereocenters. The summed E-state index contributed by atoms with van der Waals surface area (Å²) in [5.74, 6) is -0.375. The molecule has 0 saturated heterocycles. The van der Waals surface area contributed by atoms with E-state index in [1.165, 1.54) is 25.3 Å². The number of benzene rings is 2. The van der Waals surface area contributed by atoms with Crippen LogP contribution in [0.5, 0.6) is 5.75 Å². The van der Waals surface area contributed by atoms with Crippen LogP contribution in [-0.4, -0.2) is 48.2 Å². The lowest BCUT2D eigenvalue weighted by Gasteiger charge is -2.30. The van der Waals surface area contributed by atoms with Crippen molar-refractivity contribution in [2.75, 3.05) is 23.0 Å². The molecule has 2 aromatic rings. The smallest absolute Gasteiger partial charge is 0.248 e. The molecule has 0 spiro atoms. The maximum Gasteiger partial charge on any atom is 0.248 e. The summed E-state index contributed by atoms with van der Waals surface area (Å²) in [7, 11) is -6.26. The van der Waals surface area contributed by atoms with Crippen molar-refractivity contribution in [3.63, 3.8) is 0 Å². The number of hydrogen-bond acceptors (Lipinski definition) is 6. The molecule has 2 rings (SSSR count). The van der Waals surface area contributed by atoms with Gasteiger partial charge in [-0.05, 0) is 75.6 Å². The lowest BCUT2D eigenvalue weighted by Crippen LogP contribution is -2.47. The van der Waals surface area contributed by atoms with Crippen molar-refractivity contribution < 1.29 is 26.4 Å². The number of anilines is 2. The average Bonchev–Trinajstić information content (AvgIpc) is 2.72. The second-order valence-corrected chi connectivity index (χ2v) is 12.0. The van der Waals surface area contributed by atoms with Crippen LogP contribution in [0.2, 0.25) is 0 Å². The molecular formula is C23H33N3O6S2. The fraction of sp³-hybridized carbons (Fsp3) is 0.435. The van der Waals surface area contributed by atoms with Gasteiger partial charge in [-0.1, -0.05) is 13.0 Å². The Morgan fingerprint density at radius 1 is 1.03 bits per heavy atom. The first kappa shape index (κ1) is 27.6. The van der Waals surface area contributed by atoms with Gasteiger partial charge in [0.15, 0.2) is 0 Å². The zero-order chi connectivity index (χ0) is 25.8.